The molecule has 4 rings (SSSR count). The van der Waals surface area contributed by atoms with Gasteiger partial charge in [-0.25, -0.2) is 4.79 Å². The summed E-state index contributed by atoms with van der Waals surface area (Å²) in [5.41, 5.74) is 1.95. The van der Waals surface area contributed by atoms with Crippen LogP contribution in [0.1, 0.15) is 130 Å². The number of likely N-dealkylation sites (N-methyl/N-ethyl adjacent to an activating group) is 1. The van der Waals surface area contributed by atoms with Crippen molar-refractivity contribution in [1.82, 2.24) is 41.0 Å². The van der Waals surface area contributed by atoms with Crippen LogP contribution in [0.2, 0.25) is 0 Å². The van der Waals surface area contributed by atoms with Crippen LogP contribution < -0.4 is 34.5 Å². The molecule has 2 aromatic heterocycles. The average Bonchev–Trinajstić information content (AvgIpc) is 3.71. The number of nitrogens with zero attached hydrogens (tertiary/aromatic N) is 4. The third-order valence-electron chi connectivity index (χ3n) is 13.0. The van der Waals surface area contributed by atoms with Gasteiger partial charge in [0.1, 0.15) is 29.8 Å². The summed E-state index contributed by atoms with van der Waals surface area (Å²) >= 11 is 1.95. The molecule has 7 amide bonds. The zero-order valence-electron chi connectivity index (χ0n) is 46.2. The Morgan fingerprint density at radius 3 is 2.05 bits per heavy atom. The molecule has 0 aliphatic heterocycles. The maximum absolute atomic E-state index is 14.6. The molecule has 5 N–H and O–H groups in total. The second-order valence-corrected chi connectivity index (χ2v) is 27.5. The Hall–Kier alpha value is -5.35. The number of ether oxygens (including phenoxy) is 1. The van der Waals surface area contributed by atoms with E-state index in [-0.39, 0.29) is 61.2 Å². The number of pyridine rings is 1. The van der Waals surface area contributed by atoms with Crippen molar-refractivity contribution in [2.24, 2.45) is 17.8 Å². The summed E-state index contributed by atoms with van der Waals surface area (Å²) in [6, 6.07) is 13.9. The van der Waals surface area contributed by atoms with E-state index >= 15 is 0 Å². The molecule has 0 saturated carbocycles. The normalized spacial score (nSPS) is 13.9. The number of halogens is 1. The Morgan fingerprint density at radius 2 is 1.47 bits per heavy atom. The number of hydrogen-bond donors (Lipinski definition) is 5. The molecule has 18 nitrogen and oxygen atoms in total. The van der Waals surface area contributed by atoms with E-state index in [4.69, 9.17) is 4.74 Å². The third kappa shape index (κ3) is 19.0. The summed E-state index contributed by atoms with van der Waals surface area (Å²) < 4.78 is 9.67. The zero-order chi connectivity index (χ0) is 56.4. The molecule has 0 bridgehead atoms. The maximum atomic E-state index is 14.6. The maximum Gasteiger partial charge on any atom is -0.0176 e. The number of para-hydroxylation sites is 1. The number of benzene rings is 2. The second-order valence-electron chi connectivity index (χ2n) is 21.2. The van der Waals surface area contributed by atoms with Crippen molar-refractivity contribution in [1.29, 1.82) is 0 Å². The Bertz CT molecular complexity index is 2590. The predicted octanol–water partition coefficient (Wildman–Crippen LogP) is 6.05. The SMILES string of the molecule is CCC[C@H](NC(=O)[C@@H](NC(=O)c1cc[n+]([O-])cc1)[C@@H](C)CC)C(=O)N[C@@H](CC(C)C)CN(C(=O)OC(C)(C)C)[C@@H](C)C(=O)N[C@H](C(=O)N(CC)Cc1cn(CC(=O)NCc2cc[c]([Po][I])cc2)c2ccccc12)C(C)C. The van der Waals surface area contributed by atoms with Gasteiger partial charge in [-0.1, -0.05) is 67.4 Å². The first-order valence-corrected chi connectivity index (χ1v) is 36.8. The van der Waals surface area contributed by atoms with Crippen molar-refractivity contribution >= 4 is 93.0 Å². The molecule has 0 aliphatic rings. The summed E-state index contributed by atoms with van der Waals surface area (Å²) in [4.78, 5) is 101. The van der Waals surface area contributed by atoms with Crippen molar-refractivity contribution in [3.63, 3.8) is 0 Å². The van der Waals surface area contributed by atoms with Crippen molar-refractivity contribution in [2.45, 2.75) is 164 Å². The van der Waals surface area contributed by atoms with Crippen molar-refractivity contribution in [3.8, 4) is 0 Å². The molecular formula is C56H80IN9O9Po. The van der Waals surface area contributed by atoms with E-state index < -0.39 is 84.9 Å². The van der Waals surface area contributed by atoms with Crippen LogP contribution in [0, 0.1) is 23.0 Å². The molecule has 76 heavy (non-hydrogen) atoms. The molecule has 4 aromatic rings. The molecular weight excluding hydrogens is 1280 g/mol. The van der Waals surface area contributed by atoms with Gasteiger partial charge < -0.3 is 36.1 Å². The Labute approximate surface area is 469 Å². The summed E-state index contributed by atoms with van der Waals surface area (Å²) in [6.45, 7) is 22.6. The minimum absolute atomic E-state index is 0.0114. The Kier molecular flexibility index (Phi) is 24.9. The van der Waals surface area contributed by atoms with E-state index in [1.54, 1.807) is 32.6 Å². The molecule has 0 unspecified atom stereocenters. The summed E-state index contributed by atoms with van der Waals surface area (Å²) in [7, 11) is 0. The number of fused-ring (bicyclic) bond motifs is 1. The van der Waals surface area contributed by atoms with Crippen LogP contribution in [-0.2, 0) is 48.3 Å². The molecule has 0 aliphatic carbocycles. The Morgan fingerprint density at radius 1 is 0.816 bits per heavy atom. The fourth-order valence-corrected chi connectivity index (χ4v) is 12.1. The molecule has 0 radical (unpaired) electrons. The average molecular weight is 1360 g/mol. The van der Waals surface area contributed by atoms with Gasteiger partial charge in [0.2, 0.25) is 23.6 Å². The smallest absolute Gasteiger partial charge is 0.0176 e. The zero-order valence-corrected chi connectivity index (χ0v) is 51.6. The van der Waals surface area contributed by atoms with E-state index in [0.29, 0.717) is 37.1 Å². The number of carbonyl (C=O) groups excluding carboxylic acids is 7. The van der Waals surface area contributed by atoms with E-state index in [1.807, 2.05) is 90.4 Å². The van der Waals surface area contributed by atoms with E-state index in [9.17, 15) is 38.8 Å². The third-order valence-corrected chi connectivity index (χ3v) is 19.2. The van der Waals surface area contributed by atoms with Gasteiger partial charge in [-0.15, -0.1) is 0 Å². The van der Waals surface area contributed by atoms with Crippen LogP contribution in [-0.4, -0.2) is 124 Å². The van der Waals surface area contributed by atoms with E-state index in [0.717, 1.165) is 22.0 Å². The summed E-state index contributed by atoms with van der Waals surface area (Å²) in [6.07, 6.45) is 5.18. The molecule has 20 heteroatoms. The van der Waals surface area contributed by atoms with Gasteiger partial charge >= 0.3 is 158 Å². The Balaban J connectivity index is 1.54. The van der Waals surface area contributed by atoms with Crippen molar-refractivity contribution < 1.29 is 43.0 Å². The number of rotatable bonds is 27. The van der Waals surface area contributed by atoms with Gasteiger partial charge in [0.25, 0.3) is 5.91 Å². The van der Waals surface area contributed by atoms with Crippen LogP contribution in [0.15, 0.2) is 79.3 Å². The van der Waals surface area contributed by atoms with E-state index in [1.165, 1.54) is 32.6 Å². The van der Waals surface area contributed by atoms with Gasteiger partial charge in [-0.3, -0.25) is 28.9 Å². The number of hydrogen-bond acceptors (Lipinski definition) is 9. The van der Waals surface area contributed by atoms with Gasteiger partial charge in [-0.05, 0) is 65.2 Å². The number of aromatic nitrogens is 2. The second kappa shape index (κ2) is 30.0. The fraction of sp³-hybridized carbons (Fsp3) is 0.536. The molecule has 2 heterocycles. The van der Waals surface area contributed by atoms with Gasteiger partial charge in [0.15, 0.2) is 12.4 Å². The fourth-order valence-electron chi connectivity index (χ4n) is 8.63. The van der Waals surface area contributed by atoms with Crippen LogP contribution in [0.4, 0.5) is 4.79 Å². The minimum Gasteiger partial charge on any atom is -0.0603 e. The predicted molar refractivity (Wildman–Crippen MR) is 304 cm³/mol. The van der Waals surface area contributed by atoms with E-state index in [2.05, 4.69) is 68.8 Å². The first kappa shape index (κ1) is 63.2. The first-order valence-electron chi connectivity index (χ1n) is 26.3. The van der Waals surface area contributed by atoms with Crippen molar-refractivity contribution in [3.05, 3.63) is 101 Å². The molecule has 416 valence electrons. The molecule has 0 spiro atoms. The van der Waals surface area contributed by atoms with Gasteiger partial charge in [0.05, 0.1) is 5.56 Å². The van der Waals surface area contributed by atoms with Crippen molar-refractivity contribution in [2.75, 3.05) is 13.1 Å². The standard InChI is InChI=1S/C56H80N9O9.HI.Po/c1-13-21-45(59-53(70)49(38(8)14-2)61-51(68)41-26-28-64(73)29-27-41)52(69)58-43(30-36(4)5)34-65(55(72)74-56(10,11)12)39(9)50(67)60-48(37(6)7)54(71)62(15-3)32-42-33-63(46-25-20-19-24-44(42)46)35-47(66)57-31-40-22-17-16-18-23-40;;/h17-20,22-29,33,36-39,43,45,48-49H,13-15,21,30-32,34-35H2,1-12H3,(H,57,66)(H,58,69)(H,59,70)(H,60,67)(H,61,68);1H;/q;;+1/p-1/t38-,39-,43-,45-,48-,49-;;/m0../s1. The van der Waals surface area contributed by atoms with Crippen LogP contribution in [0.3, 0.4) is 0 Å². The van der Waals surface area contributed by atoms with Crippen LogP contribution >= 0.6 is 18.0 Å². The number of amides is 7. The van der Waals surface area contributed by atoms with Crippen LogP contribution in [0.5, 0.6) is 0 Å². The number of carbonyl (C=O) groups is 7. The largest absolute Gasteiger partial charge is 0.0603 e. The monoisotopic (exact) mass is 1360 g/mol. The summed E-state index contributed by atoms with van der Waals surface area (Å²) in [5.74, 6) is -3.36. The molecule has 6 atom stereocenters. The topological polar surface area (TPSA) is 227 Å². The molecule has 0 fully saturated rings. The first-order chi connectivity index (χ1) is 35.9. The van der Waals surface area contributed by atoms with Crippen LogP contribution in [0.25, 0.3) is 10.9 Å². The number of nitrogens with one attached hydrogen (secondary N) is 5. The summed E-state index contributed by atoms with van der Waals surface area (Å²) in [5, 5.41) is 27.2. The van der Waals surface area contributed by atoms with Gasteiger partial charge in [0, 0.05) is 31.3 Å². The molecule has 2 aromatic carbocycles. The minimum atomic E-state index is -1.18. The molecule has 0 saturated heterocycles. The van der Waals surface area contributed by atoms with Gasteiger partial charge in [-0.2, -0.15) is 4.73 Å². The quantitative estimate of drug-likeness (QED) is 0.0266.